The lowest BCUT2D eigenvalue weighted by atomic mass is 10.2. The highest BCUT2D eigenvalue weighted by Crippen LogP contribution is 2.11. The molecule has 0 saturated carbocycles. The van der Waals surface area contributed by atoms with E-state index in [0.29, 0.717) is 11.6 Å². The molecule has 5 nitrogen and oxygen atoms in total. The molecule has 0 aliphatic heterocycles. The summed E-state index contributed by atoms with van der Waals surface area (Å²) in [4.78, 5) is 20.5. The molecule has 0 radical (unpaired) electrons. The second-order valence-corrected chi connectivity index (χ2v) is 4.87. The van der Waals surface area contributed by atoms with Crippen molar-refractivity contribution in [2.75, 3.05) is 17.2 Å². The fourth-order valence-corrected chi connectivity index (χ4v) is 1.87. The summed E-state index contributed by atoms with van der Waals surface area (Å²) in [5, 5.41) is 5.95. The number of aromatic nitrogens is 2. The van der Waals surface area contributed by atoms with Gasteiger partial charge >= 0.3 is 0 Å². The summed E-state index contributed by atoms with van der Waals surface area (Å²) < 4.78 is 0. The Kier molecular flexibility index (Phi) is 5.26. The summed E-state index contributed by atoms with van der Waals surface area (Å²) in [5.74, 6) is 0.252. The number of nitrogens with zero attached hydrogens (tertiary/aromatic N) is 2. The smallest absolute Gasteiger partial charge is 0.274 e. The monoisotopic (exact) mass is 284 g/mol. The Morgan fingerprint density at radius 2 is 2.14 bits per heavy atom. The van der Waals surface area contributed by atoms with Gasteiger partial charge in [-0.3, -0.25) is 4.79 Å². The molecule has 5 heteroatoms. The lowest BCUT2D eigenvalue weighted by Gasteiger charge is -2.07. The van der Waals surface area contributed by atoms with Gasteiger partial charge in [0.25, 0.3) is 5.91 Å². The second-order valence-electron chi connectivity index (χ2n) is 4.87. The van der Waals surface area contributed by atoms with Gasteiger partial charge in [-0.15, -0.1) is 0 Å². The second kappa shape index (κ2) is 7.38. The van der Waals surface area contributed by atoms with Crippen molar-refractivity contribution < 1.29 is 4.79 Å². The Morgan fingerprint density at radius 3 is 2.90 bits per heavy atom. The first-order valence-corrected chi connectivity index (χ1v) is 7.14. The van der Waals surface area contributed by atoms with Crippen LogP contribution in [-0.2, 0) is 0 Å². The summed E-state index contributed by atoms with van der Waals surface area (Å²) in [6.45, 7) is 4.91. The SMILES string of the molecule is CCCCNc1nccc(C(=O)Nc2cccc(C)c2)n1. The lowest BCUT2D eigenvalue weighted by molar-refractivity contribution is 0.102. The number of nitrogens with one attached hydrogen (secondary N) is 2. The topological polar surface area (TPSA) is 66.9 Å². The molecule has 2 N–H and O–H groups in total. The van der Waals surface area contributed by atoms with Crippen molar-refractivity contribution in [2.45, 2.75) is 26.7 Å². The normalized spacial score (nSPS) is 10.2. The van der Waals surface area contributed by atoms with E-state index < -0.39 is 0 Å². The third kappa shape index (κ3) is 4.56. The Balaban J connectivity index is 2.03. The van der Waals surface area contributed by atoms with Crippen LogP contribution in [0.1, 0.15) is 35.8 Å². The number of hydrogen-bond acceptors (Lipinski definition) is 4. The zero-order valence-electron chi connectivity index (χ0n) is 12.4. The van der Waals surface area contributed by atoms with Crippen LogP contribution in [0, 0.1) is 6.92 Å². The number of unbranched alkanes of at least 4 members (excludes halogenated alkanes) is 1. The van der Waals surface area contributed by atoms with Crippen LogP contribution >= 0.6 is 0 Å². The van der Waals surface area contributed by atoms with Gasteiger partial charge in [-0.05, 0) is 37.1 Å². The van der Waals surface area contributed by atoms with Gasteiger partial charge < -0.3 is 10.6 Å². The summed E-state index contributed by atoms with van der Waals surface area (Å²) in [5.41, 5.74) is 2.21. The standard InChI is InChI=1S/C16H20N4O/c1-3-4-9-17-16-18-10-8-14(20-16)15(21)19-13-7-5-6-12(2)11-13/h5-8,10-11H,3-4,9H2,1-2H3,(H,19,21)(H,17,18,20). The molecule has 2 aromatic rings. The van der Waals surface area contributed by atoms with Crippen LogP contribution in [0.5, 0.6) is 0 Å². The predicted octanol–water partition coefficient (Wildman–Crippen LogP) is 3.25. The number of anilines is 2. The fraction of sp³-hybridized carbons (Fsp3) is 0.312. The fourth-order valence-electron chi connectivity index (χ4n) is 1.87. The van der Waals surface area contributed by atoms with E-state index in [2.05, 4.69) is 27.5 Å². The Morgan fingerprint density at radius 1 is 1.29 bits per heavy atom. The summed E-state index contributed by atoms with van der Waals surface area (Å²) in [7, 11) is 0. The third-order valence-electron chi connectivity index (χ3n) is 2.98. The van der Waals surface area contributed by atoms with Crippen LogP contribution in [0.3, 0.4) is 0 Å². The van der Waals surface area contributed by atoms with Crippen LogP contribution < -0.4 is 10.6 Å². The number of hydrogen-bond donors (Lipinski definition) is 2. The predicted molar refractivity (Wildman–Crippen MR) is 84.6 cm³/mol. The first kappa shape index (κ1) is 15.0. The summed E-state index contributed by atoms with van der Waals surface area (Å²) in [6, 6.07) is 9.26. The van der Waals surface area contributed by atoms with E-state index in [4.69, 9.17) is 0 Å². The molecule has 0 aliphatic rings. The van der Waals surface area contributed by atoms with Crippen LogP contribution in [0.4, 0.5) is 11.6 Å². The highest BCUT2D eigenvalue weighted by Gasteiger charge is 2.09. The van der Waals surface area contributed by atoms with Crippen LogP contribution in [-0.4, -0.2) is 22.4 Å². The third-order valence-corrected chi connectivity index (χ3v) is 2.98. The van der Waals surface area contributed by atoms with Gasteiger partial charge in [0.15, 0.2) is 0 Å². The maximum absolute atomic E-state index is 12.2. The zero-order valence-corrected chi connectivity index (χ0v) is 12.4. The Hall–Kier alpha value is -2.43. The highest BCUT2D eigenvalue weighted by atomic mass is 16.1. The molecule has 2 rings (SSSR count). The van der Waals surface area contributed by atoms with Crippen LogP contribution in [0.25, 0.3) is 0 Å². The van der Waals surface area contributed by atoms with E-state index in [1.54, 1.807) is 12.3 Å². The van der Waals surface area contributed by atoms with E-state index in [1.807, 2.05) is 31.2 Å². The van der Waals surface area contributed by atoms with Crippen molar-refractivity contribution in [1.29, 1.82) is 0 Å². The van der Waals surface area contributed by atoms with E-state index in [1.165, 1.54) is 0 Å². The molecule has 0 saturated heterocycles. The Bertz CT molecular complexity index is 613. The number of carbonyl (C=O) groups excluding carboxylic acids is 1. The van der Waals surface area contributed by atoms with E-state index >= 15 is 0 Å². The van der Waals surface area contributed by atoms with Gasteiger partial charge in [0.05, 0.1) is 0 Å². The molecule has 21 heavy (non-hydrogen) atoms. The van der Waals surface area contributed by atoms with Crippen molar-refractivity contribution >= 4 is 17.5 Å². The average molecular weight is 284 g/mol. The number of aryl methyl sites for hydroxylation is 1. The molecule has 1 heterocycles. The minimum Gasteiger partial charge on any atom is -0.354 e. The minimum absolute atomic E-state index is 0.235. The molecule has 0 fully saturated rings. The molecule has 0 unspecified atom stereocenters. The zero-order chi connectivity index (χ0) is 15.1. The molecule has 0 aliphatic carbocycles. The number of carbonyl (C=O) groups is 1. The number of amides is 1. The Labute approximate surface area is 124 Å². The van der Waals surface area contributed by atoms with Gasteiger partial charge in [-0.1, -0.05) is 25.5 Å². The molecule has 1 aromatic carbocycles. The summed E-state index contributed by atoms with van der Waals surface area (Å²) >= 11 is 0. The van der Waals surface area contributed by atoms with Gasteiger partial charge in [0.1, 0.15) is 5.69 Å². The summed E-state index contributed by atoms with van der Waals surface area (Å²) in [6.07, 6.45) is 3.73. The van der Waals surface area contributed by atoms with E-state index in [-0.39, 0.29) is 5.91 Å². The van der Waals surface area contributed by atoms with Gasteiger partial charge in [-0.25, -0.2) is 9.97 Å². The maximum atomic E-state index is 12.2. The quantitative estimate of drug-likeness (QED) is 0.799. The molecule has 110 valence electrons. The van der Waals surface area contributed by atoms with Gasteiger partial charge in [-0.2, -0.15) is 0 Å². The molecule has 1 amide bonds. The molecule has 0 spiro atoms. The van der Waals surface area contributed by atoms with Crippen molar-refractivity contribution in [3.8, 4) is 0 Å². The number of benzene rings is 1. The van der Waals surface area contributed by atoms with Gasteiger partial charge in [0.2, 0.25) is 5.95 Å². The minimum atomic E-state index is -0.235. The molecular weight excluding hydrogens is 264 g/mol. The molecule has 0 atom stereocenters. The molecule has 0 bridgehead atoms. The van der Waals surface area contributed by atoms with Crippen molar-refractivity contribution in [1.82, 2.24) is 9.97 Å². The van der Waals surface area contributed by atoms with Crippen molar-refractivity contribution in [3.63, 3.8) is 0 Å². The van der Waals surface area contributed by atoms with E-state index in [9.17, 15) is 4.79 Å². The van der Waals surface area contributed by atoms with Crippen LogP contribution in [0.15, 0.2) is 36.5 Å². The van der Waals surface area contributed by atoms with Crippen molar-refractivity contribution in [3.05, 3.63) is 47.8 Å². The average Bonchev–Trinajstić information content (AvgIpc) is 2.48. The van der Waals surface area contributed by atoms with E-state index in [0.717, 1.165) is 30.6 Å². The highest BCUT2D eigenvalue weighted by molar-refractivity contribution is 6.02. The molecule has 1 aromatic heterocycles. The first-order chi connectivity index (χ1) is 10.2. The molecular formula is C16H20N4O. The number of rotatable bonds is 6. The van der Waals surface area contributed by atoms with Crippen LogP contribution in [0.2, 0.25) is 0 Å². The van der Waals surface area contributed by atoms with Gasteiger partial charge in [0, 0.05) is 18.4 Å². The first-order valence-electron chi connectivity index (χ1n) is 7.14. The largest absolute Gasteiger partial charge is 0.354 e. The maximum Gasteiger partial charge on any atom is 0.274 e. The van der Waals surface area contributed by atoms with Crippen molar-refractivity contribution in [2.24, 2.45) is 0 Å². The lowest BCUT2D eigenvalue weighted by Crippen LogP contribution is -2.15.